The van der Waals surface area contributed by atoms with Crippen LogP contribution < -0.4 is 5.73 Å². The minimum Gasteiger partial charge on any atom is -0.388 e. The second kappa shape index (κ2) is 5.89. The van der Waals surface area contributed by atoms with E-state index >= 15 is 0 Å². The summed E-state index contributed by atoms with van der Waals surface area (Å²) in [6.45, 7) is 4.26. The summed E-state index contributed by atoms with van der Waals surface area (Å²) >= 11 is 0. The highest BCUT2D eigenvalue weighted by Gasteiger charge is 1.93. The van der Waals surface area contributed by atoms with E-state index in [4.69, 9.17) is 11.1 Å². The molecule has 0 unspecified atom stereocenters. The second-order valence-corrected chi connectivity index (χ2v) is 2.46. The zero-order valence-electron chi connectivity index (χ0n) is 5.98. The van der Waals surface area contributed by atoms with Crippen molar-refractivity contribution in [3.8, 4) is 0 Å². The van der Waals surface area contributed by atoms with Crippen LogP contribution >= 0.6 is 12.4 Å². The van der Waals surface area contributed by atoms with E-state index in [-0.39, 0.29) is 12.4 Å². The molecule has 0 aromatic heterocycles. The summed E-state index contributed by atoms with van der Waals surface area (Å²) in [6, 6.07) is 0. The van der Waals surface area contributed by atoms with Gasteiger partial charge in [-0.1, -0.05) is 13.8 Å². The van der Waals surface area contributed by atoms with E-state index in [2.05, 4.69) is 13.8 Å². The Bertz CT molecular complexity index is 81.1. The van der Waals surface area contributed by atoms with E-state index in [0.29, 0.717) is 11.8 Å². The van der Waals surface area contributed by atoms with Crippen molar-refractivity contribution in [1.82, 2.24) is 0 Å². The van der Waals surface area contributed by atoms with Crippen LogP contribution in [0.25, 0.3) is 0 Å². The third-order valence-corrected chi connectivity index (χ3v) is 0.991. The van der Waals surface area contributed by atoms with E-state index in [1.54, 1.807) is 0 Å². The lowest BCUT2D eigenvalue weighted by Crippen LogP contribution is -2.09. The van der Waals surface area contributed by atoms with Gasteiger partial charge in [-0.3, -0.25) is 5.41 Å². The third-order valence-electron chi connectivity index (χ3n) is 0.991. The first-order chi connectivity index (χ1) is 3.63. The van der Waals surface area contributed by atoms with Gasteiger partial charge in [0.2, 0.25) is 0 Å². The van der Waals surface area contributed by atoms with Gasteiger partial charge in [-0.2, -0.15) is 0 Å². The van der Waals surface area contributed by atoms with Crippen LogP contribution in [0.15, 0.2) is 0 Å². The largest absolute Gasteiger partial charge is 0.388 e. The first kappa shape index (κ1) is 11.5. The lowest BCUT2D eigenvalue weighted by molar-refractivity contribution is 0.601. The molecule has 0 heterocycles. The molecule has 0 fully saturated rings. The van der Waals surface area contributed by atoms with Gasteiger partial charge in [-0.05, 0) is 12.3 Å². The van der Waals surface area contributed by atoms with E-state index in [0.717, 1.165) is 12.8 Å². The number of hydrogen-bond acceptors (Lipinski definition) is 1. The molecule has 0 saturated carbocycles. The number of halogens is 1. The Kier molecular flexibility index (Phi) is 7.55. The Balaban J connectivity index is 0. The molecule has 3 heteroatoms. The number of nitrogens with one attached hydrogen (secondary N) is 1. The van der Waals surface area contributed by atoms with Gasteiger partial charge in [-0.15, -0.1) is 12.4 Å². The quantitative estimate of drug-likeness (QED) is 0.468. The second-order valence-electron chi connectivity index (χ2n) is 2.46. The molecule has 0 aromatic rings. The predicted octanol–water partition coefficient (Wildman–Crippen LogP) is 1.78. The highest BCUT2D eigenvalue weighted by atomic mass is 35.5. The minimum atomic E-state index is 0. The highest BCUT2D eigenvalue weighted by Crippen LogP contribution is 2.01. The van der Waals surface area contributed by atoms with E-state index in [9.17, 15) is 0 Å². The van der Waals surface area contributed by atoms with E-state index in [1.165, 1.54) is 0 Å². The van der Waals surface area contributed by atoms with Gasteiger partial charge in [0.1, 0.15) is 0 Å². The van der Waals surface area contributed by atoms with Crippen LogP contribution in [-0.2, 0) is 0 Å². The first-order valence-corrected chi connectivity index (χ1v) is 2.96. The Morgan fingerprint density at radius 1 is 1.56 bits per heavy atom. The van der Waals surface area contributed by atoms with Crippen molar-refractivity contribution in [3.63, 3.8) is 0 Å². The molecular weight excluding hydrogens is 136 g/mol. The fourth-order valence-corrected chi connectivity index (χ4v) is 0.444. The molecule has 0 amide bonds. The Morgan fingerprint density at radius 3 is 2.11 bits per heavy atom. The van der Waals surface area contributed by atoms with Crippen molar-refractivity contribution in [3.05, 3.63) is 0 Å². The predicted molar refractivity (Wildman–Crippen MR) is 43.2 cm³/mol. The topological polar surface area (TPSA) is 49.9 Å². The van der Waals surface area contributed by atoms with Gasteiger partial charge in [0, 0.05) is 6.42 Å². The SMILES string of the molecule is CC(C)CCC(=N)N.Cl. The summed E-state index contributed by atoms with van der Waals surface area (Å²) in [6.07, 6.45) is 1.78. The van der Waals surface area contributed by atoms with Crippen molar-refractivity contribution < 1.29 is 0 Å². The van der Waals surface area contributed by atoms with Crippen LogP contribution in [0.4, 0.5) is 0 Å². The molecular formula is C6H15ClN2. The molecule has 0 spiro atoms. The Hall–Kier alpha value is -0.240. The van der Waals surface area contributed by atoms with Crippen molar-refractivity contribution in [2.75, 3.05) is 0 Å². The van der Waals surface area contributed by atoms with Crippen LogP contribution in [0, 0.1) is 11.3 Å². The Labute approximate surface area is 62.7 Å². The third kappa shape index (κ3) is 11.4. The first-order valence-electron chi connectivity index (χ1n) is 2.96. The molecule has 9 heavy (non-hydrogen) atoms. The molecule has 0 rings (SSSR count). The molecule has 2 nitrogen and oxygen atoms in total. The van der Waals surface area contributed by atoms with Gasteiger partial charge in [0.15, 0.2) is 0 Å². The molecule has 0 aliphatic carbocycles. The lowest BCUT2D eigenvalue weighted by Gasteiger charge is -2.00. The van der Waals surface area contributed by atoms with Crippen molar-refractivity contribution in [2.45, 2.75) is 26.7 Å². The maximum atomic E-state index is 6.87. The van der Waals surface area contributed by atoms with Crippen LogP contribution in [0.2, 0.25) is 0 Å². The van der Waals surface area contributed by atoms with Crippen molar-refractivity contribution in [2.24, 2.45) is 11.7 Å². The van der Waals surface area contributed by atoms with Crippen LogP contribution in [-0.4, -0.2) is 5.84 Å². The highest BCUT2D eigenvalue weighted by molar-refractivity contribution is 5.85. The number of nitrogens with two attached hydrogens (primary N) is 1. The molecule has 56 valence electrons. The average Bonchev–Trinajstić information content (AvgIpc) is 1.61. The minimum absolute atomic E-state index is 0. The molecule has 0 radical (unpaired) electrons. The fraction of sp³-hybridized carbons (Fsp3) is 0.833. The van der Waals surface area contributed by atoms with Gasteiger partial charge in [-0.25, -0.2) is 0 Å². The summed E-state index contributed by atoms with van der Waals surface area (Å²) < 4.78 is 0. The number of hydrogen-bond donors (Lipinski definition) is 2. The van der Waals surface area contributed by atoms with E-state index in [1.807, 2.05) is 0 Å². The van der Waals surface area contributed by atoms with E-state index < -0.39 is 0 Å². The lowest BCUT2D eigenvalue weighted by atomic mass is 10.1. The molecule has 0 saturated heterocycles. The average molecular weight is 151 g/mol. The standard InChI is InChI=1S/C6H14N2.ClH/c1-5(2)3-4-6(7)8;/h5H,3-4H2,1-2H3,(H3,7,8);1H. The summed E-state index contributed by atoms with van der Waals surface area (Å²) in [4.78, 5) is 0. The van der Waals surface area contributed by atoms with Crippen LogP contribution in [0.3, 0.4) is 0 Å². The molecule has 0 aliphatic rings. The van der Waals surface area contributed by atoms with Crippen LogP contribution in [0.5, 0.6) is 0 Å². The number of amidine groups is 1. The Morgan fingerprint density at radius 2 is 2.00 bits per heavy atom. The smallest absolute Gasteiger partial charge is 0.0905 e. The maximum absolute atomic E-state index is 6.87. The molecule has 0 aromatic carbocycles. The maximum Gasteiger partial charge on any atom is 0.0905 e. The zero-order valence-corrected chi connectivity index (χ0v) is 6.79. The van der Waals surface area contributed by atoms with Gasteiger partial charge >= 0.3 is 0 Å². The molecule has 0 aliphatic heterocycles. The van der Waals surface area contributed by atoms with Gasteiger partial charge in [0.05, 0.1) is 5.84 Å². The molecule has 0 bridgehead atoms. The fourth-order valence-electron chi connectivity index (χ4n) is 0.444. The molecule has 0 atom stereocenters. The molecule has 3 N–H and O–H groups in total. The van der Waals surface area contributed by atoms with Gasteiger partial charge < -0.3 is 5.73 Å². The normalized spacial score (nSPS) is 8.78. The van der Waals surface area contributed by atoms with Crippen molar-refractivity contribution in [1.29, 1.82) is 5.41 Å². The van der Waals surface area contributed by atoms with Crippen molar-refractivity contribution >= 4 is 18.2 Å². The summed E-state index contributed by atoms with van der Waals surface area (Å²) in [5.41, 5.74) is 5.12. The monoisotopic (exact) mass is 150 g/mol. The van der Waals surface area contributed by atoms with Gasteiger partial charge in [0.25, 0.3) is 0 Å². The number of rotatable bonds is 3. The summed E-state index contributed by atoms with van der Waals surface area (Å²) in [5, 5.41) is 6.87. The summed E-state index contributed by atoms with van der Waals surface area (Å²) in [7, 11) is 0. The summed E-state index contributed by atoms with van der Waals surface area (Å²) in [5.74, 6) is 0.970. The zero-order chi connectivity index (χ0) is 6.57. The van der Waals surface area contributed by atoms with Crippen LogP contribution in [0.1, 0.15) is 26.7 Å².